The summed E-state index contributed by atoms with van der Waals surface area (Å²) in [5.74, 6) is 0.344. The molecule has 0 aliphatic heterocycles. The highest BCUT2D eigenvalue weighted by Gasteiger charge is 2.22. The van der Waals surface area contributed by atoms with Crippen LogP contribution in [-0.2, 0) is 15.8 Å². The Balaban J connectivity index is 1.52. The lowest BCUT2D eigenvalue weighted by Gasteiger charge is -2.16. The van der Waals surface area contributed by atoms with Gasteiger partial charge in [0.15, 0.2) is 5.58 Å². The molecule has 0 amide bonds. The van der Waals surface area contributed by atoms with Crippen LogP contribution < -0.4 is 4.72 Å². The lowest BCUT2D eigenvalue weighted by molar-refractivity contribution is 0.402. The van der Waals surface area contributed by atoms with E-state index >= 15 is 0 Å². The number of rotatable bonds is 7. The van der Waals surface area contributed by atoms with E-state index in [-0.39, 0.29) is 18.3 Å². The summed E-state index contributed by atoms with van der Waals surface area (Å²) in [6.45, 7) is 0.104. The molecule has 1 atom stereocenters. The number of para-hydroxylation sites is 1. The standard InChI is InChI=1S/C17H16N4O4S/c22-26(23,12-14-13-5-1-2-6-16(13)25-20-14)19-11-15(17-7-3-10-24-17)21-9-4-8-18-21/h1-10,15,19H,11-12H2. The van der Waals surface area contributed by atoms with Gasteiger partial charge in [-0.3, -0.25) is 4.68 Å². The van der Waals surface area contributed by atoms with E-state index in [1.54, 1.807) is 53.7 Å². The summed E-state index contributed by atoms with van der Waals surface area (Å²) >= 11 is 0. The van der Waals surface area contributed by atoms with Crippen molar-refractivity contribution >= 4 is 21.0 Å². The van der Waals surface area contributed by atoms with Gasteiger partial charge in [0.05, 0.1) is 6.26 Å². The van der Waals surface area contributed by atoms with Gasteiger partial charge in [0.1, 0.15) is 23.2 Å². The van der Waals surface area contributed by atoms with Crippen molar-refractivity contribution in [1.82, 2.24) is 19.7 Å². The van der Waals surface area contributed by atoms with Crippen molar-refractivity contribution < 1.29 is 17.4 Å². The smallest absolute Gasteiger partial charge is 0.217 e. The lowest BCUT2D eigenvalue weighted by atomic mass is 10.2. The number of fused-ring (bicyclic) bond motifs is 1. The zero-order valence-corrected chi connectivity index (χ0v) is 14.5. The molecule has 1 N–H and O–H groups in total. The van der Waals surface area contributed by atoms with E-state index in [1.807, 2.05) is 12.1 Å². The van der Waals surface area contributed by atoms with Gasteiger partial charge >= 0.3 is 0 Å². The van der Waals surface area contributed by atoms with Crippen LogP contribution in [0.25, 0.3) is 11.0 Å². The first-order valence-corrected chi connectivity index (χ1v) is 9.61. The number of aromatic nitrogens is 3. The molecule has 3 aromatic heterocycles. The number of hydrogen-bond acceptors (Lipinski definition) is 6. The second-order valence-electron chi connectivity index (χ2n) is 5.75. The number of sulfonamides is 1. The molecule has 0 radical (unpaired) electrons. The Bertz CT molecular complexity index is 1050. The fourth-order valence-corrected chi connectivity index (χ4v) is 3.83. The fraction of sp³-hybridized carbons (Fsp3) is 0.176. The highest BCUT2D eigenvalue weighted by atomic mass is 32.2. The molecule has 4 rings (SSSR count). The summed E-state index contributed by atoms with van der Waals surface area (Å²) in [5, 5.41) is 8.75. The highest BCUT2D eigenvalue weighted by molar-refractivity contribution is 7.88. The second-order valence-corrected chi connectivity index (χ2v) is 7.56. The summed E-state index contributed by atoms with van der Waals surface area (Å²) in [5.41, 5.74) is 0.935. The highest BCUT2D eigenvalue weighted by Crippen LogP contribution is 2.21. The van der Waals surface area contributed by atoms with Crippen LogP contribution in [0.15, 0.2) is 70.1 Å². The zero-order chi connectivity index (χ0) is 18.0. The Morgan fingerprint density at radius 1 is 1.15 bits per heavy atom. The first-order valence-electron chi connectivity index (χ1n) is 7.95. The number of furan rings is 1. The zero-order valence-electron chi connectivity index (χ0n) is 13.6. The van der Waals surface area contributed by atoms with Crippen LogP contribution in [0.5, 0.6) is 0 Å². The molecule has 0 saturated heterocycles. The van der Waals surface area contributed by atoms with Crippen LogP contribution in [-0.4, -0.2) is 29.9 Å². The van der Waals surface area contributed by atoms with Crippen molar-refractivity contribution in [3.63, 3.8) is 0 Å². The molecular weight excluding hydrogens is 356 g/mol. The summed E-state index contributed by atoms with van der Waals surface area (Å²) in [6, 6.07) is 12.1. The van der Waals surface area contributed by atoms with Gasteiger partial charge in [0.25, 0.3) is 0 Å². The Labute approximate surface area is 149 Å². The molecule has 1 unspecified atom stereocenters. The van der Waals surface area contributed by atoms with Gasteiger partial charge < -0.3 is 8.94 Å². The average Bonchev–Trinajstić information content (AvgIpc) is 3.37. The van der Waals surface area contributed by atoms with Gasteiger partial charge in [-0.1, -0.05) is 17.3 Å². The predicted molar refractivity (Wildman–Crippen MR) is 93.7 cm³/mol. The van der Waals surface area contributed by atoms with E-state index in [4.69, 9.17) is 8.94 Å². The van der Waals surface area contributed by atoms with Gasteiger partial charge in [-0.25, -0.2) is 13.1 Å². The van der Waals surface area contributed by atoms with E-state index in [1.165, 1.54) is 0 Å². The van der Waals surface area contributed by atoms with Crippen LogP contribution in [0.2, 0.25) is 0 Å². The summed E-state index contributed by atoms with van der Waals surface area (Å²) in [7, 11) is -3.63. The molecule has 0 bridgehead atoms. The van der Waals surface area contributed by atoms with E-state index in [0.29, 0.717) is 22.4 Å². The number of nitrogens with zero attached hydrogens (tertiary/aromatic N) is 3. The number of nitrogens with one attached hydrogen (secondary N) is 1. The Morgan fingerprint density at radius 2 is 2.04 bits per heavy atom. The molecule has 0 fully saturated rings. The SMILES string of the molecule is O=S(=O)(Cc1noc2ccccc12)NCC(c1ccco1)n1cccn1. The van der Waals surface area contributed by atoms with E-state index in [9.17, 15) is 8.42 Å². The van der Waals surface area contributed by atoms with Crippen molar-refractivity contribution in [2.45, 2.75) is 11.8 Å². The maximum absolute atomic E-state index is 12.5. The molecule has 9 heteroatoms. The third kappa shape index (κ3) is 3.39. The molecule has 0 saturated carbocycles. The minimum Gasteiger partial charge on any atom is -0.467 e. The van der Waals surface area contributed by atoms with Crippen molar-refractivity contribution in [1.29, 1.82) is 0 Å². The molecule has 8 nitrogen and oxygen atoms in total. The molecular formula is C17H16N4O4S. The van der Waals surface area contributed by atoms with Crippen LogP contribution in [0.1, 0.15) is 17.5 Å². The van der Waals surface area contributed by atoms with Gasteiger partial charge in [-0.05, 0) is 30.3 Å². The third-order valence-electron chi connectivity index (χ3n) is 3.99. The normalized spacial score (nSPS) is 13.2. The van der Waals surface area contributed by atoms with Crippen molar-refractivity contribution in [2.75, 3.05) is 6.54 Å². The molecule has 0 aliphatic rings. The number of hydrogen-bond donors (Lipinski definition) is 1. The molecule has 1 aromatic carbocycles. The Kier molecular flexibility index (Phi) is 4.31. The average molecular weight is 372 g/mol. The van der Waals surface area contributed by atoms with Gasteiger partial charge in [-0.15, -0.1) is 0 Å². The van der Waals surface area contributed by atoms with Gasteiger partial charge in [0, 0.05) is 24.3 Å². The predicted octanol–water partition coefficient (Wildman–Crippen LogP) is 2.33. The maximum Gasteiger partial charge on any atom is 0.217 e. The minimum atomic E-state index is -3.63. The summed E-state index contributed by atoms with van der Waals surface area (Å²) in [6.07, 6.45) is 4.93. The molecule has 0 spiro atoms. The maximum atomic E-state index is 12.5. The van der Waals surface area contributed by atoms with Crippen LogP contribution in [0.3, 0.4) is 0 Å². The van der Waals surface area contributed by atoms with Crippen LogP contribution in [0, 0.1) is 0 Å². The van der Waals surface area contributed by atoms with Crippen molar-refractivity contribution in [3.05, 3.63) is 72.6 Å². The van der Waals surface area contributed by atoms with Gasteiger partial charge in [-0.2, -0.15) is 5.10 Å². The van der Waals surface area contributed by atoms with Gasteiger partial charge in [0.2, 0.25) is 10.0 Å². The first-order chi connectivity index (χ1) is 12.6. The molecule has 3 heterocycles. The topological polar surface area (TPSA) is 103 Å². The largest absolute Gasteiger partial charge is 0.467 e. The minimum absolute atomic E-state index is 0.104. The Morgan fingerprint density at radius 3 is 2.81 bits per heavy atom. The van der Waals surface area contributed by atoms with Crippen molar-refractivity contribution in [3.8, 4) is 0 Å². The summed E-state index contributed by atoms with van der Waals surface area (Å²) in [4.78, 5) is 0. The van der Waals surface area contributed by atoms with Crippen LogP contribution >= 0.6 is 0 Å². The first kappa shape index (κ1) is 16.6. The quantitative estimate of drug-likeness (QED) is 0.534. The molecule has 0 aliphatic carbocycles. The second kappa shape index (κ2) is 6.77. The third-order valence-corrected chi connectivity index (χ3v) is 5.25. The summed E-state index contributed by atoms with van der Waals surface area (Å²) < 4.78 is 39.9. The Hall–Kier alpha value is -2.91. The number of benzene rings is 1. The molecule has 4 aromatic rings. The van der Waals surface area contributed by atoms with E-state index in [0.717, 1.165) is 0 Å². The van der Waals surface area contributed by atoms with Crippen molar-refractivity contribution in [2.24, 2.45) is 0 Å². The van der Waals surface area contributed by atoms with E-state index < -0.39 is 10.0 Å². The van der Waals surface area contributed by atoms with E-state index in [2.05, 4.69) is 15.0 Å². The fourth-order valence-electron chi connectivity index (χ4n) is 2.75. The lowest BCUT2D eigenvalue weighted by Crippen LogP contribution is -2.32. The van der Waals surface area contributed by atoms with Crippen LogP contribution in [0.4, 0.5) is 0 Å². The molecule has 26 heavy (non-hydrogen) atoms. The molecule has 134 valence electrons. The monoisotopic (exact) mass is 372 g/mol.